The van der Waals surface area contributed by atoms with Gasteiger partial charge in [-0.15, -0.1) is 0 Å². The molecule has 4 aromatic rings. The van der Waals surface area contributed by atoms with Crippen LogP contribution in [0, 0.1) is 19.8 Å². The predicted molar refractivity (Wildman–Crippen MR) is 199 cm³/mol. The molecule has 6 N–H and O–H groups in total. The van der Waals surface area contributed by atoms with Crippen molar-refractivity contribution in [1.29, 1.82) is 0 Å². The molecule has 56 heavy (non-hydrogen) atoms. The number of esters is 1. The lowest BCUT2D eigenvalue weighted by atomic mass is 9.98. The summed E-state index contributed by atoms with van der Waals surface area (Å²) in [6, 6.07) is 16.3. The number of aliphatic imine (C=N–C) groups is 1. The summed E-state index contributed by atoms with van der Waals surface area (Å²) in [6.45, 7) is 3.78. The highest BCUT2D eigenvalue weighted by Gasteiger charge is 2.52. The normalized spacial score (nSPS) is 22.9. The third-order valence-electron chi connectivity index (χ3n) is 9.58. The van der Waals surface area contributed by atoms with Gasteiger partial charge < -0.3 is 49.5 Å². The Morgan fingerprint density at radius 1 is 1.02 bits per heavy atom. The molecule has 292 valence electrons. The van der Waals surface area contributed by atoms with Crippen LogP contribution < -0.4 is 15.5 Å². The Labute approximate surface area is 319 Å². The number of carbonyl (C=O) groups is 2. The standard InChI is InChI=1S/C40H39N3O13/c1-19-12-20(2)14-23(13-19)31-30-22(10-11-42-30)17-43(31)56-36-34(47)33(46)35(39(51)55-38(50)27(16-41-3)37(48)49)54-40(36)53-25-8-9-26-29(15-25)52-18-28(32(26)45)21-4-6-24(44)7-5-21/h4-15,18,27,33-36,39-41,44,46-47,51H,16-17H2,1-3H3,(H,48,49)/t27-,33+,34+,35+,36-,39-,40-/m0/s1. The van der Waals surface area contributed by atoms with Gasteiger partial charge in [0.25, 0.3) is 0 Å². The van der Waals surface area contributed by atoms with E-state index >= 15 is 0 Å². The minimum Gasteiger partial charge on any atom is -0.508 e. The molecule has 0 amide bonds. The molecule has 7 atom stereocenters. The molecule has 0 spiro atoms. The highest BCUT2D eigenvalue weighted by atomic mass is 16.8. The third-order valence-corrected chi connectivity index (χ3v) is 9.58. The highest BCUT2D eigenvalue weighted by molar-refractivity contribution is 5.94. The monoisotopic (exact) mass is 769 g/mol. The summed E-state index contributed by atoms with van der Waals surface area (Å²) < 4.78 is 23.0. The summed E-state index contributed by atoms with van der Waals surface area (Å²) >= 11 is 0. The van der Waals surface area contributed by atoms with Crippen molar-refractivity contribution in [2.45, 2.75) is 50.8 Å². The van der Waals surface area contributed by atoms with E-state index in [-0.39, 0.29) is 46.6 Å². The number of phenolic OH excluding ortho intramolecular Hbond substituents is 1. The number of aryl methyl sites for hydroxylation is 2. The summed E-state index contributed by atoms with van der Waals surface area (Å²) in [5, 5.41) is 57.4. The number of aromatic hydroxyl groups is 1. The van der Waals surface area contributed by atoms with E-state index in [4.69, 9.17) is 23.5 Å². The van der Waals surface area contributed by atoms with Crippen molar-refractivity contribution in [2.24, 2.45) is 10.9 Å². The van der Waals surface area contributed by atoms with Crippen molar-refractivity contribution >= 4 is 34.8 Å². The largest absolute Gasteiger partial charge is 0.508 e. The zero-order chi connectivity index (χ0) is 39.8. The minimum atomic E-state index is -2.26. The molecule has 1 aromatic heterocycles. The average molecular weight is 770 g/mol. The van der Waals surface area contributed by atoms with E-state index in [9.17, 15) is 39.9 Å². The van der Waals surface area contributed by atoms with Gasteiger partial charge in [0.15, 0.2) is 23.6 Å². The van der Waals surface area contributed by atoms with E-state index in [1.807, 2.05) is 38.1 Å². The van der Waals surface area contributed by atoms with Gasteiger partial charge in [0.05, 0.1) is 28.9 Å². The molecule has 0 unspecified atom stereocenters. The molecule has 1 fully saturated rings. The highest BCUT2D eigenvalue weighted by Crippen LogP contribution is 2.40. The lowest BCUT2D eigenvalue weighted by Crippen LogP contribution is -2.64. The van der Waals surface area contributed by atoms with Gasteiger partial charge in [-0.25, -0.2) is 5.06 Å². The molecule has 16 nitrogen and oxygen atoms in total. The molecule has 3 aliphatic heterocycles. The van der Waals surface area contributed by atoms with Gasteiger partial charge in [0, 0.05) is 30.0 Å². The maximum Gasteiger partial charge on any atom is 0.324 e. The fourth-order valence-corrected chi connectivity index (χ4v) is 6.89. The Bertz CT molecular complexity index is 2300. The van der Waals surface area contributed by atoms with Crippen molar-refractivity contribution in [3.05, 3.63) is 111 Å². The number of carboxylic acids is 1. The van der Waals surface area contributed by atoms with Crippen LogP contribution in [0.25, 0.3) is 27.8 Å². The van der Waals surface area contributed by atoms with Gasteiger partial charge in [-0.2, -0.15) is 0 Å². The van der Waals surface area contributed by atoms with E-state index in [0.717, 1.165) is 22.3 Å². The fraction of sp³-hybridized carbons (Fsp3) is 0.300. The molecule has 3 aliphatic rings. The minimum absolute atomic E-state index is 0.0352. The predicted octanol–water partition coefficient (Wildman–Crippen LogP) is 2.39. The first-order chi connectivity index (χ1) is 26.8. The smallest absolute Gasteiger partial charge is 0.324 e. The zero-order valence-corrected chi connectivity index (χ0v) is 30.4. The number of hydroxylamine groups is 2. The molecule has 7 rings (SSSR count). The summed E-state index contributed by atoms with van der Waals surface area (Å²) in [7, 11) is 1.43. The molecule has 0 bridgehead atoms. The number of aliphatic carboxylic acids is 1. The number of allylic oxidation sites excluding steroid dienone is 1. The van der Waals surface area contributed by atoms with Crippen LogP contribution in [0.3, 0.4) is 0 Å². The SMILES string of the molecule is CNC[C@@H](C(=O)O)C(=O)O[C@H](O)[C@@H]1O[C@H](Oc2ccc3c(=O)c(-c4ccc(O)cc4)coc3c2)[C@@H](ON2CC3=CC=NC3=C2c2cc(C)cc(C)c2)[C@H](O)[C@H]1O. The van der Waals surface area contributed by atoms with Crippen molar-refractivity contribution in [3.63, 3.8) is 0 Å². The van der Waals surface area contributed by atoms with E-state index in [0.29, 0.717) is 17.0 Å². The van der Waals surface area contributed by atoms with E-state index in [1.165, 1.54) is 48.7 Å². The maximum absolute atomic E-state index is 13.4. The van der Waals surface area contributed by atoms with Gasteiger partial charge in [-0.05, 0) is 68.9 Å². The number of nitrogens with zero attached hydrogens (tertiary/aromatic N) is 2. The Kier molecular flexibility index (Phi) is 10.8. The number of phenols is 1. The van der Waals surface area contributed by atoms with Gasteiger partial charge in [-0.1, -0.05) is 29.3 Å². The molecule has 16 heteroatoms. The first kappa shape index (κ1) is 38.4. The van der Waals surface area contributed by atoms with E-state index in [2.05, 4.69) is 10.3 Å². The quantitative estimate of drug-likeness (QED) is 0.0691. The number of hydrogen-bond acceptors (Lipinski definition) is 15. The van der Waals surface area contributed by atoms with Gasteiger partial charge >= 0.3 is 11.9 Å². The van der Waals surface area contributed by atoms with Crippen molar-refractivity contribution in [1.82, 2.24) is 10.4 Å². The average Bonchev–Trinajstić information content (AvgIpc) is 3.74. The number of aliphatic hydroxyl groups is 3. The van der Waals surface area contributed by atoms with Crippen LogP contribution in [0.4, 0.5) is 0 Å². The number of carboxylic acid groups (broad SMARTS) is 1. The Morgan fingerprint density at radius 2 is 1.75 bits per heavy atom. The second-order valence-electron chi connectivity index (χ2n) is 13.7. The van der Waals surface area contributed by atoms with Crippen LogP contribution in [0.2, 0.25) is 0 Å². The van der Waals surface area contributed by atoms with Crippen LogP contribution in [0.1, 0.15) is 16.7 Å². The molecule has 0 aliphatic carbocycles. The molecule has 4 heterocycles. The summed E-state index contributed by atoms with van der Waals surface area (Å²) in [5.74, 6) is -4.44. The van der Waals surface area contributed by atoms with Crippen LogP contribution >= 0.6 is 0 Å². The Balaban J connectivity index is 1.21. The third kappa shape index (κ3) is 7.53. The van der Waals surface area contributed by atoms with E-state index in [1.54, 1.807) is 18.3 Å². The summed E-state index contributed by atoms with van der Waals surface area (Å²) in [4.78, 5) is 48.8. The zero-order valence-electron chi connectivity index (χ0n) is 30.4. The lowest BCUT2D eigenvalue weighted by molar-refractivity contribution is -0.344. The molecule has 0 radical (unpaired) electrons. The van der Waals surface area contributed by atoms with Gasteiger partial charge in [0.2, 0.25) is 12.6 Å². The first-order valence-corrected chi connectivity index (χ1v) is 17.6. The van der Waals surface area contributed by atoms with Crippen LogP contribution in [0.15, 0.2) is 98.5 Å². The van der Waals surface area contributed by atoms with Crippen LogP contribution in [-0.4, -0.2) is 106 Å². The van der Waals surface area contributed by atoms with Crippen LogP contribution in [-0.2, 0) is 23.9 Å². The number of hydrogen-bond donors (Lipinski definition) is 6. The molecular formula is C40H39N3O13. The number of benzene rings is 3. The summed E-state index contributed by atoms with van der Waals surface area (Å²) in [5.41, 5.74) is 5.33. The van der Waals surface area contributed by atoms with Crippen molar-refractivity contribution in [2.75, 3.05) is 20.1 Å². The second-order valence-corrected chi connectivity index (χ2v) is 13.7. The first-order valence-electron chi connectivity index (χ1n) is 17.6. The number of carbonyl (C=O) groups excluding carboxylic acids is 1. The molecule has 3 aromatic carbocycles. The Morgan fingerprint density at radius 3 is 2.45 bits per heavy atom. The topological polar surface area (TPSA) is 230 Å². The second kappa shape index (κ2) is 15.7. The number of fused-ring (bicyclic) bond motifs is 2. The van der Waals surface area contributed by atoms with E-state index < -0.39 is 54.9 Å². The van der Waals surface area contributed by atoms with Crippen LogP contribution in [0.5, 0.6) is 11.5 Å². The van der Waals surface area contributed by atoms with Crippen molar-refractivity contribution in [3.8, 4) is 22.6 Å². The molecule has 1 saturated heterocycles. The summed E-state index contributed by atoms with van der Waals surface area (Å²) in [6.07, 6.45) is -6.29. The maximum atomic E-state index is 13.4. The van der Waals surface area contributed by atoms with Gasteiger partial charge in [0.1, 0.15) is 35.6 Å². The van der Waals surface area contributed by atoms with Gasteiger partial charge in [-0.3, -0.25) is 24.2 Å². The number of aliphatic hydroxyl groups excluding tert-OH is 3. The Hall–Kier alpha value is -5.88. The fourth-order valence-electron chi connectivity index (χ4n) is 6.89. The number of nitrogens with one attached hydrogen (secondary N) is 1. The molecular weight excluding hydrogens is 730 g/mol. The van der Waals surface area contributed by atoms with Crippen molar-refractivity contribution < 1.29 is 58.6 Å². The molecule has 0 saturated carbocycles. The number of rotatable bonds is 12. The number of ether oxygens (including phenoxy) is 3. The lowest BCUT2D eigenvalue weighted by Gasteiger charge is -2.44.